The van der Waals surface area contributed by atoms with E-state index in [9.17, 15) is 0 Å². The van der Waals surface area contributed by atoms with Crippen LogP contribution in [0.25, 0.3) is 10.9 Å². The van der Waals surface area contributed by atoms with Crippen molar-refractivity contribution in [3.8, 4) is 0 Å². The Morgan fingerprint density at radius 3 is 2.71 bits per heavy atom. The minimum Gasteiger partial charge on any atom is -0.350 e. The minimum absolute atomic E-state index is 0.544. The Morgan fingerprint density at radius 1 is 1.14 bits per heavy atom. The van der Waals surface area contributed by atoms with Crippen LogP contribution in [0.3, 0.4) is 0 Å². The fourth-order valence-electron chi connectivity index (χ4n) is 3.44. The van der Waals surface area contributed by atoms with E-state index < -0.39 is 0 Å². The maximum absolute atomic E-state index is 3.70. The predicted octanol–water partition coefficient (Wildman–Crippen LogP) is 3.14. The van der Waals surface area contributed by atoms with Gasteiger partial charge in [-0.15, -0.1) is 0 Å². The number of nitrogens with one attached hydrogen (secondary N) is 1. The van der Waals surface area contributed by atoms with Crippen LogP contribution in [0, 0.1) is 0 Å². The largest absolute Gasteiger partial charge is 0.350 e. The van der Waals surface area contributed by atoms with E-state index in [-0.39, 0.29) is 0 Å². The predicted molar refractivity (Wildman–Crippen MR) is 89.5 cm³/mol. The van der Waals surface area contributed by atoms with Crippen LogP contribution in [0.2, 0.25) is 0 Å². The fourth-order valence-corrected chi connectivity index (χ4v) is 3.44. The first kappa shape index (κ1) is 14.6. The third kappa shape index (κ3) is 3.47. The molecule has 0 bridgehead atoms. The van der Waals surface area contributed by atoms with Crippen LogP contribution >= 0.6 is 0 Å². The van der Waals surface area contributed by atoms with Crippen LogP contribution < -0.4 is 5.32 Å². The molecule has 1 aromatic carbocycles. The number of benzene rings is 1. The van der Waals surface area contributed by atoms with Crippen LogP contribution in [0.1, 0.15) is 31.7 Å². The summed E-state index contributed by atoms with van der Waals surface area (Å²) in [6.07, 6.45) is 6.41. The molecule has 0 radical (unpaired) electrons. The third-order valence-corrected chi connectivity index (χ3v) is 4.60. The van der Waals surface area contributed by atoms with E-state index in [2.05, 4.69) is 59.2 Å². The number of fused-ring (bicyclic) bond motifs is 1. The lowest BCUT2D eigenvalue weighted by Gasteiger charge is -2.29. The molecule has 21 heavy (non-hydrogen) atoms. The van der Waals surface area contributed by atoms with Gasteiger partial charge in [0.1, 0.15) is 0 Å². The second kappa shape index (κ2) is 6.63. The van der Waals surface area contributed by atoms with E-state index in [4.69, 9.17) is 0 Å². The van der Waals surface area contributed by atoms with Crippen molar-refractivity contribution in [2.75, 3.05) is 19.6 Å². The van der Waals surface area contributed by atoms with Gasteiger partial charge in [-0.1, -0.05) is 24.6 Å². The van der Waals surface area contributed by atoms with Crippen molar-refractivity contribution < 1.29 is 0 Å². The summed E-state index contributed by atoms with van der Waals surface area (Å²) in [5.41, 5.74) is 2.72. The van der Waals surface area contributed by atoms with Gasteiger partial charge in [-0.25, -0.2) is 0 Å². The number of hydrogen-bond acceptors (Lipinski definition) is 2. The summed E-state index contributed by atoms with van der Waals surface area (Å²) in [7, 11) is 2.13. The number of hydrogen-bond donors (Lipinski definition) is 1. The Labute approximate surface area is 127 Å². The highest BCUT2D eigenvalue weighted by Crippen LogP contribution is 2.20. The van der Waals surface area contributed by atoms with E-state index in [0.717, 1.165) is 6.54 Å². The van der Waals surface area contributed by atoms with Gasteiger partial charge in [0.15, 0.2) is 0 Å². The molecule has 0 aliphatic carbocycles. The Bertz CT molecular complexity index is 581. The summed E-state index contributed by atoms with van der Waals surface area (Å²) in [5.74, 6) is 0. The zero-order chi connectivity index (χ0) is 14.7. The number of nitrogens with zero attached hydrogens (tertiary/aromatic N) is 2. The molecule has 0 spiro atoms. The number of rotatable bonds is 5. The van der Waals surface area contributed by atoms with Crippen molar-refractivity contribution in [2.24, 2.45) is 7.05 Å². The van der Waals surface area contributed by atoms with E-state index in [1.165, 1.54) is 55.4 Å². The lowest BCUT2D eigenvalue weighted by atomic mass is 10.1. The number of aromatic nitrogens is 1. The van der Waals surface area contributed by atoms with Gasteiger partial charge in [0.25, 0.3) is 0 Å². The SMILES string of the molecule is CC(CN1CCCCC1)NCc1cn(C)c2ccccc12. The second-order valence-electron chi connectivity index (χ2n) is 6.43. The molecule has 1 aromatic heterocycles. The number of likely N-dealkylation sites (tertiary alicyclic amines) is 1. The van der Waals surface area contributed by atoms with Crippen molar-refractivity contribution in [1.82, 2.24) is 14.8 Å². The van der Waals surface area contributed by atoms with Crippen molar-refractivity contribution in [2.45, 2.75) is 38.8 Å². The topological polar surface area (TPSA) is 20.2 Å². The maximum Gasteiger partial charge on any atom is 0.0481 e. The zero-order valence-electron chi connectivity index (χ0n) is 13.3. The Morgan fingerprint density at radius 2 is 1.90 bits per heavy atom. The molecule has 1 saturated heterocycles. The van der Waals surface area contributed by atoms with Crippen LogP contribution in [0.4, 0.5) is 0 Å². The standard InChI is InChI=1S/C18H27N3/c1-15(13-21-10-6-3-7-11-21)19-12-16-14-20(2)18-9-5-4-8-17(16)18/h4-5,8-9,14-15,19H,3,6-7,10-13H2,1-2H3. The Kier molecular flexibility index (Phi) is 4.61. The Hall–Kier alpha value is -1.32. The van der Waals surface area contributed by atoms with Gasteiger partial charge in [-0.05, 0) is 44.5 Å². The van der Waals surface area contributed by atoms with E-state index in [0.29, 0.717) is 6.04 Å². The van der Waals surface area contributed by atoms with E-state index in [1.807, 2.05) is 0 Å². The molecule has 1 atom stereocenters. The summed E-state index contributed by atoms with van der Waals surface area (Å²) >= 11 is 0. The first-order valence-corrected chi connectivity index (χ1v) is 8.23. The normalized spacial score (nSPS) is 18.2. The van der Waals surface area contributed by atoms with Gasteiger partial charge in [0, 0.05) is 43.3 Å². The van der Waals surface area contributed by atoms with Gasteiger partial charge in [-0.2, -0.15) is 0 Å². The molecule has 1 aliphatic heterocycles. The lowest BCUT2D eigenvalue weighted by molar-refractivity contribution is 0.209. The minimum atomic E-state index is 0.544. The van der Waals surface area contributed by atoms with Gasteiger partial charge in [0.05, 0.1) is 0 Å². The molecule has 0 saturated carbocycles. The van der Waals surface area contributed by atoms with Gasteiger partial charge in [0.2, 0.25) is 0 Å². The van der Waals surface area contributed by atoms with E-state index >= 15 is 0 Å². The highest BCUT2D eigenvalue weighted by molar-refractivity contribution is 5.83. The molecule has 1 fully saturated rings. The molecule has 1 aliphatic rings. The lowest BCUT2D eigenvalue weighted by Crippen LogP contribution is -2.41. The van der Waals surface area contributed by atoms with Crippen molar-refractivity contribution >= 4 is 10.9 Å². The summed E-state index contributed by atoms with van der Waals surface area (Å²) in [6, 6.07) is 9.20. The first-order valence-electron chi connectivity index (χ1n) is 8.23. The van der Waals surface area contributed by atoms with Crippen LogP contribution in [-0.4, -0.2) is 35.1 Å². The fraction of sp³-hybridized carbons (Fsp3) is 0.556. The summed E-state index contributed by atoms with van der Waals surface area (Å²) < 4.78 is 2.22. The average Bonchev–Trinajstić information content (AvgIpc) is 2.83. The summed E-state index contributed by atoms with van der Waals surface area (Å²) in [4.78, 5) is 2.60. The molecule has 3 heteroatoms. The number of aryl methyl sites for hydroxylation is 1. The van der Waals surface area contributed by atoms with Crippen molar-refractivity contribution in [3.63, 3.8) is 0 Å². The smallest absolute Gasteiger partial charge is 0.0481 e. The molecule has 2 heterocycles. The first-order chi connectivity index (χ1) is 10.2. The summed E-state index contributed by atoms with van der Waals surface area (Å²) in [6.45, 7) is 6.99. The molecule has 3 rings (SSSR count). The van der Waals surface area contributed by atoms with Gasteiger partial charge < -0.3 is 14.8 Å². The second-order valence-corrected chi connectivity index (χ2v) is 6.43. The van der Waals surface area contributed by atoms with Gasteiger partial charge >= 0.3 is 0 Å². The molecule has 114 valence electrons. The molecule has 0 amide bonds. The van der Waals surface area contributed by atoms with Crippen molar-refractivity contribution in [1.29, 1.82) is 0 Å². The third-order valence-electron chi connectivity index (χ3n) is 4.60. The molecule has 1 N–H and O–H groups in total. The zero-order valence-corrected chi connectivity index (χ0v) is 13.3. The van der Waals surface area contributed by atoms with Crippen LogP contribution in [-0.2, 0) is 13.6 Å². The quantitative estimate of drug-likeness (QED) is 0.910. The van der Waals surface area contributed by atoms with E-state index in [1.54, 1.807) is 0 Å². The molecule has 1 unspecified atom stereocenters. The maximum atomic E-state index is 3.70. The van der Waals surface area contributed by atoms with Crippen molar-refractivity contribution in [3.05, 3.63) is 36.0 Å². The Balaban J connectivity index is 1.58. The van der Waals surface area contributed by atoms with Crippen LogP contribution in [0.5, 0.6) is 0 Å². The number of para-hydroxylation sites is 1. The average molecular weight is 285 g/mol. The monoisotopic (exact) mass is 285 g/mol. The molecule has 2 aromatic rings. The summed E-state index contributed by atoms with van der Waals surface area (Å²) in [5, 5.41) is 5.07. The molecule has 3 nitrogen and oxygen atoms in total. The van der Waals surface area contributed by atoms with Crippen LogP contribution in [0.15, 0.2) is 30.5 Å². The number of piperidine rings is 1. The molecular formula is C18H27N3. The molecular weight excluding hydrogens is 258 g/mol. The van der Waals surface area contributed by atoms with Gasteiger partial charge in [-0.3, -0.25) is 0 Å². The highest BCUT2D eigenvalue weighted by atomic mass is 15.1. The highest BCUT2D eigenvalue weighted by Gasteiger charge is 2.13.